The lowest BCUT2D eigenvalue weighted by molar-refractivity contribution is 0.0734. The number of aromatic nitrogens is 1. The van der Waals surface area contributed by atoms with Crippen LogP contribution in [0.25, 0.3) is 16.7 Å². The number of halogens is 2. The summed E-state index contributed by atoms with van der Waals surface area (Å²) in [4.78, 5) is 16.6. The van der Waals surface area contributed by atoms with Gasteiger partial charge in [-0.15, -0.1) is 0 Å². The van der Waals surface area contributed by atoms with E-state index in [4.69, 9.17) is 25.8 Å². The number of benzene rings is 3. The zero-order valence-corrected chi connectivity index (χ0v) is 24.2. The van der Waals surface area contributed by atoms with Gasteiger partial charge in [-0.25, -0.2) is 14.2 Å². The summed E-state index contributed by atoms with van der Waals surface area (Å²) in [6.45, 7) is 8.38. The molecular weight excluding hydrogens is 543 g/mol. The maximum Gasteiger partial charge on any atom is 0.343 e. The van der Waals surface area contributed by atoms with Crippen LogP contribution >= 0.6 is 11.6 Å². The second-order valence-electron chi connectivity index (χ2n) is 10.5. The van der Waals surface area contributed by atoms with Crippen LogP contribution in [-0.2, 0) is 6.61 Å². The molecule has 41 heavy (non-hydrogen) atoms. The highest BCUT2D eigenvalue weighted by molar-refractivity contribution is 6.29. The molecule has 6 nitrogen and oxygen atoms in total. The molecular formula is C33H30ClFN2O4. The summed E-state index contributed by atoms with van der Waals surface area (Å²) >= 11 is 5.92. The van der Waals surface area contributed by atoms with Crippen molar-refractivity contribution in [1.29, 1.82) is 0 Å². The van der Waals surface area contributed by atoms with Crippen LogP contribution in [-0.4, -0.2) is 23.6 Å². The zero-order valence-electron chi connectivity index (χ0n) is 23.5. The zero-order chi connectivity index (χ0) is 29.3. The fourth-order valence-electron chi connectivity index (χ4n) is 5.13. The SMILES string of the molecule is COc1cc(OC(=O)c2ccnc(Cl)c2)ccc1-c1ccc2c(c1COc1cc(F)ccc1C)C(C)=CC(C)(C)N2. The molecule has 210 valence electrons. The molecule has 0 radical (unpaired) electrons. The van der Waals surface area contributed by atoms with Gasteiger partial charge in [-0.3, -0.25) is 0 Å². The van der Waals surface area contributed by atoms with Crippen LogP contribution in [0.15, 0.2) is 72.9 Å². The van der Waals surface area contributed by atoms with Crippen LogP contribution < -0.4 is 19.5 Å². The van der Waals surface area contributed by atoms with Crippen molar-refractivity contribution in [1.82, 2.24) is 4.98 Å². The van der Waals surface area contributed by atoms with Crippen LogP contribution in [0.5, 0.6) is 17.2 Å². The quantitative estimate of drug-likeness (QED) is 0.136. The number of esters is 1. The van der Waals surface area contributed by atoms with E-state index in [0.717, 1.165) is 39.1 Å². The second-order valence-corrected chi connectivity index (χ2v) is 10.9. The Balaban J connectivity index is 1.56. The van der Waals surface area contributed by atoms with E-state index in [0.29, 0.717) is 17.2 Å². The number of nitrogens with zero attached hydrogens (tertiary/aromatic N) is 1. The van der Waals surface area contributed by atoms with Gasteiger partial charge >= 0.3 is 5.97 Å². The standard InChI is InChI=1S/C33H30ClFN2O4/c1-19-6-7-22(35)15-28(19)40-18-26-24(10-11-27-31(26)20(2)17-33(3,4)37-27)25-9-8-23(16-29(25)39-5)41-32(38)21-12-13-36-30(34)14-21/h6-17,37H,18H2,1-5H3. The van der Waals surface area contributed by atoms with Crippen molar-refractivity contribution >= 4 is 28.8 Å². The number of pyridine rings is 1. The lowest BCUT2D eigenvalue weighted by Gasteiger charge is -2.33. The number of allylic oxidation sites excluding steroid dienone is 1. The van der Waals surface area contributed by atoms with Crippen molar-refractivity contribution in [2.75, 3.05) is 12.4 Å². The molecule has 4 aromatic rings. The minimum atomic E-state index is -0.563. The first kappa shape index (κ1) is 28.2. The normalized spacial score (nSPS) is 13.5. The van der Waals surface area contributed by atoms with Crippen molar-refractivity contribution in [3.05, 3.63) is 106 Å². The van der Waals surface area contributed by atoms with Crippen molar-refractivity contribution in [2.24, 2.45) is 0 Å². The van der Waals surface area contributed by atoms with E-state index in [1.54, 1.807) is 25.3 Å². The summed E-state index contributed by atoms with van der Waals surface area (Å²) in [5.41, 5.74) is 6.57. The predicted molar refractivity (Wildman–Crippen MR) is 159 cm³/mol. The molecule has 5 rings (SSSR count). The van der Waals surface area contributed by atoms with Crippen molar-refractivity contribution < 1.29 is 23.4 Å². The lowest BCUT2D eigenvalue weighted by atomic mass is 9.85. The molecule has 1 aliphatic heterocycles. The molecule has 0 atom stereocenters. The molecule has 0 unspecified atom stereocenters. The molecule has 0 amide bonds. The Morgan fingerprint density at radius 1 is 1.00 bits per heavy atom. The molecule has 2 heterocycles. The molecule has 1 aliphatic rings. The number of hydrogen-bond donors (Lipinski definition) is 1. The molecule has 0 saturated heterocycles. The van der Waals surface area contributed by atoms with Gasteiger partial charge in [0.1, 0.15) is 34.8 Å². The van der Waals surface area contributed by atoms with Crippen molar-refractivity contribution in [3.63, 3.8) is 0 Å². The number of ether oxygens (including phenoxy) is 3. The third-order valence-electron chi connectivity index (χ3n) is 6.90. The minimum Gasteiger partial charge on any atom is -0.496 e. The van der Waals surface area contributed by atoms with E-state index >= 15 is 0 Å². The highest BCUT2D eigenvalue weighted by atomic mass is 35.5. The topological polar surface area (TPSA) is 69.7 Å². The third-order valence-corrected chi connectivity index (χ3v) is 7.11. The van der Waals surface area contributed by atoms with Gasteiger partial charge in [-0.1, -0.05) is 29.8 Å². The minimum absolute atomic E-state index is 0.193. The summed E-state index contributed by atoms with van der Waals surface area (Å²) in [6.07, 6.45) is 3.63. The number of carbonyl (C=O) groups excluding carboxylic acids is 1. The smallest absolute Gasteiger partial charge is 0.343 e. The highest BCUT2D eigenvalue weighted by Crippen LogP contribution is 2.43. The molecule has 0 spiro atoms. The van der Waals surface area contributed by atoms with Gasteiger partial charge in [0.25, 0.3) is 0 Å². The Bertz CT molecular complexity index is 1680. The van der Waals surface area contributed by atoms with E-state index in [-0.39, 0.29) is 28.7 Å². The molecule has 3 aromatic carbocycles. The first-order valence-electron chi connectivity index (χ1n) is 13.1. The first-order valence-corrected chi connectivity index (χ1v) is 13.5. The Morgan fingerprint density at radius 2 is 1.78 bits per heavy atom. The second kappa shape index (κ2) is 11.3. The van der Waals surface area contributed by atoms with Crippen LogP contribution in [0.2, 0.25) is 5.15 Å². The number of carbonyl (C=O) groups is 1. The average Bonchev–Trinajstić information content (AvgIpc) is 2.92. The molecule has 1 aromatic heterocycles. The lowest BCUT2D eigenvalue weighted by Crippen LogP contribution is -2.32. The number of fused-ring (bicyclic) bond motifs is 1. The number of anilines is 1. The number of rotatable bonds is 7. The summed E-state index contributed by atoms with van der Waals surface area (Å²) in [7, 11) is 1.56. The largest absolute Gasteiger partial charge is 0.496 e. The fourth-order valence-corrected chi connectivity index (χ4v) is 5.31. The van der Waals surface area contributed by atoms with Gasteiger partial charge in [0.2, 0.25) is 0 Å². The summed E-state index contributed by atoms with van der Waals surface area (Å²) in [5.74, 6) is 0.379. The van der Waals surface area contributed by atoms with E-state index in [1.807, 2.05) is 25.1 Å². The fraction of sp³-hybridized carbons (Fsp3) is 0.212. The molecule has 8 heteroatoms. The molecule has 0 fully saturated rings. The van der Waals surface area contributed by atoms with E-state index in [1.165, 1.54) is 30.5 Å². The maximum atomic E-state index is 14.0. The van der Waals surface area contributed by atoms with Gasteiger partial charge in [0.15, 0.2) is 0 Å². The summed E-state index contributed by atoms with van der Waals surface area (Å²) in [5, 5.41) is 3.79. The van der Waals surface area contributed by atoms with Gasteiger partial charge < -0.3 is 19.5 Å². The van der Waals surface area contributed by atoms with E-state index in [2.05, 4.69) is 37.1 Å². The van der Waals surface area contributed by atoms with Crippen LogP contribution in [0.1, 0.15) is 47.8 Å². The monoisotopic (exact) mass is 572 g/mol. The molecule has 1 N–H and O–H groups in total. The number of hydrogen-bond acceptors (Lipinski definition) is 6. The van der Waals surface area contributed by atoms with Gasteiger partial charge in [-0.05, 0) is 80.8 Å². The Kier molecular flexibility index (Phi) is 7.74. The third kappa shape index (κ3) is 6.05. The Labute approximate surface area is 243 Å². The number of aryl methyl sites for hydroxylation is 1. The molecule has 0 saturated carbocycles. The average molecular weight is 573 g/mol. The summed E-state index contributed by atoms with van der Waals surface area (Å²) in [6, 6.07) is 16.8. The van der Waals surface area contributed by atoms with Gasteiger partial charge in [0, 0.05) is 40.7 Å². The maximum absolute atomic E-state index is 14.0. The molecule has 0 bridgehead atoms. The van der Waals surface area contributed by atoms with Crippen molar-refractivity contribution in [2.45, 2.75) is 39.8 Å². The Morgan fingerprint density at radius 3 is 2.54 bits per heavy atom. The predicted octanol–water partition coefficient (Wildman–Crippen LogP) is 8.26. The van der Waals surface area contributed by atoms with E-state index < -0.39 is 5.97 Å². The number of methoxy groups -OCH3 is 1. The first-order chi connectivity index (χ1) is 19.5. The summed E-state index contributed by atoms with van der Waals surface area (Å²) < 4.78 is 31.6. The van der Waals surface area contributed by atoms with Gasteiger partial charge in [0.05, 0.1) is 18.2 Å². The van der Waals surface area contributed by atoms with E-state index in [9.17, 15) is 9.18 Å². The van der Waals surface area contributed by atoms with Gasteiger partial charge in [-0.2, -0.15) is 0 Å². The van der Waals surface area contributed by atoms with Crippen molar-refractivity contribution in [3.8, 4) is 28.4 Å². The molecule has 0 aliphatic carbocycles. The van der Waals surface area contributed by atoms with Crippen LogP contribution in [0.3, 0.4) is 0 Å². The number of nitrogens with one attached hydrogen (secondary N) is 1. The van der Waals surface area contributed by atoms with Crippen LogP contribution in [0.4, 0.5) is 10.1 Å². The van der Waals surface area contributed by atoms with Crippen LogP contribution in [0, 0.1) is 12.7 Å². The highest BCUT2D eigenvalue weighted by Gasteiger charge is 2.27. The Hall–Kier alpha value is -4.36.